The molecule has 8 heteroatoms. The van der Waals surface area contributed by atoms with Gasteiger partial charge in [-0.1, -0.05) is 0 Å². The summed E-state index contributed by atoms with van der Waals surface area (Å²) in [6.07, 6.45) is 0. The Kier molecular flexibility index (Phi) is 3.38. The topological polar surface area (TPSA) is 98.8 Å². The van der Waals surface area contributed by atoms with Gasteiger partial charge in [-0.05, 0) is 0 Å². The Bertz CT molecular complexity index is 452. The quantitative estimate of drug-likeness (QED) is 0.595. The Morgan fingerprint density at radius 1 is 1.00 bits per heavy atom. The van der Waals surface area contributed by atoms with Crippen molar-refractivity contribution >= 4 is 17.1 Å². The van der Waals surface area contributed by atoms with Gasteiger partial charge in [-0.2, -0.15) is 0 Å². The number of nitro groups is 2. The average molecular weight is 253 g/mol. The number of hydrogen-bond donors (Lipinski definition) is 0. The van der Waals surface area contributed by atoms with Crippen molar-refractivity contribution in [1.29, 1.82) is 0 Å². The number of hydrogen-bond acceptors (Lipinski definition) is 6. The Hall–Kier alpha value is -2.22. The van der Waals surface area contributed by atoms with Gasteiger partial charge in [-0.25, -0.2) is 0 Å². The zero-order valence-corrected chi connectivity index (χ0v) is 9.44. The van der Waals surface area contributed by atoms with Crippen molar-refractivity contribution in [3.63, 3.8) is 0 Å². The summed E-state index contributed by atoms with van der Waals surface area (Å²) in [7, 11) is 0. The van der Waals surface area contributed by atoms with Crippen LogP contribution in [-0.2, 0) is 4.74 Å². The van der Waals surface area contributed by atoms with Crippen LogP contribution in [0.3, 0.4) is 0 Å². The first-order valence-electron chi connectivity index (χ1n) is 5.34. The van der Waals surface area contributed by atoms with Crippen LogP contribution in [0.5, 0.6) is 0 Å². The number of nitro benzene ring substituents is 2. The monoisotopic (exact) mass is 253 g/mol. The van der Waals surface area contributed by atoms with Crippen LogP contribution in [0.2, 0.25) is 0 Å². The van der Waals surface area contributed by atoms with E-state index in [1.807, 2.05) is 4.90 Å². The van der Waals surface area contributed by atoms with Gasteiger partial charge in [0, 0.05) is 25.2 Å². The van der Waals surface area contributed by atoms with Gasteiger partial charge < -0.3 is 9.64 Å². The first-order valence-corrected chi connectivity index (χ1v) is 5.34. The molecule has 8 nitrogen and oxygen atoms in total. The van der Waals surface area contributed by atoms with E-state index >= 15 is 0 Å². The van der Waals surface area contributed by atoms with Crippen LogP contribution in [0, 0.1) is 20.2 Å². The van der Waals surface area contributed by atoms with E-state index in [-0.39, 0.29) is 11.4 Å². The number of anilines is 1. The molecular formula is C10H11N3O5. The number of rotatable bonds is 3. The van der Waals surface area contributed by atoms with Crippen molar-refractivity contribution in [2.24, 2.45) is 0 Å². The van der Waals surface area contributed by atoms with Crippen molar-refractivity contribution in [2.45, 2.75) is 0 Å². The van der Waals surface area contributed by atoms with Gasteiger partial charge >= 0.3 is 0 Å². The largest absolute Gasteiger partial charge is 0.378 e. The zero-order valence-electron chi connectivity index (χ0n) is 9.44. The third kappa shape index (κ3) is 2.54. The smallest absolute Gasteiger partial charge is 0.278 e. The molecule has 0 unspecified atom stereocenters. The highest BCUT2D eigenvalue weighted by Crippen LogP contribution is 2.28. The lowest BCUT2D eigenvalue weighted by Gasteiger charge is -2.28. The van der Waals surface area contributed by atoms with Crippen LogP contribution in [-0.4, -0.2) is 36.1 Å². The summed E-state index contributed by atoms with van der Waals surface area (Å²) >= 11 is 0. The molecule has 0 saturated carbocycles. The summed E-state index contributed by atoms with van der Waals surface area (Å²) in [6, 6.07) is 3.65. The molecule has 0 atom stereocenters. The van der Waals surface area contributed by atoms with Gasteiger partial charge in [0.15, 0.2) is 0 Å². The molecule has 1 aromatic rings. The normalized spacial score (nSPS) is 15.4. The second-order valence-electron chi connectivity index (χ2n) is 3.82. The van der Waals surface area contributed by atoms with E-state index in [0.29, 0.717) is 32.0 Å². The van der Waals surface area contributed by atoms with Crippen LogP contribution in [0.15, 0.2) is 18.2 Å². The third-order valence-electron chi connectivity index (χ3n) is 2.69. The maximum absolute atomic E-state index is 10.8. The van der Waals surface area contributed by atoms with Crippen molar-refractivity contribution in [3.8, 4) is 0 Å². The Labute approximate surface area is 102 Å². The molecule has 1 saturated heterocycles. The Balaban J connectivity index is 2.38. The minimum atomic E-state index is -0.628. The molecule has 96 valence electrons. The van der Waals surface area contributed by atoms with E-state index < -0.39 is 9.85 Å². The molecule has 1 aliphatic heterocycles. The fourth-order valence-electron chi connectivity index (χ4n) is 1.79. The highest BCUT2D eigenvalue weighted by Gasteiger charge is 2.20. The molecule has 0 spiro atoms. The van der Waals surface area contributed by atoms with E-state index in [1.165, 1.54) is 12.1 Å². The van der Waals surface area contributed by atoms with Gasteiger partial charge in [-0.3, -0.25) is 20.2 Å². The van der Waals surface area contributed by atoms with Crippen LogP contribution < -0.4 is 4.90 Å². The molecule has 0 radical (unpaired) electrons. The highest BCUT2D eigenvalue weighted by molar-refractivity contribution is 5.60. The Morgan fingerprint density at radius 2 is 1.50 bits per heavy atom. The Morgan fingerprint density at radius 3 is 1.94 bits per heavy atom. The molecule has 0 aromatic heterocycles. The molecule has 0 N–H and O–H groups in total. The molecule has 18 heavy (non-hydrogen) atoms. The molecule has 1 fully saturated rings. The van der Waals surface area contributed by atoms with E-state index in [4.69, 9.17) is 4.74 Å². The predicted molar refractivity (Wildman–Crippen MR) is 62.8 cm³/mol. The second kappa shape index (κ2) is 4.96. The summed E-state index contributed by atoms with van der Waals surface area (Å²) in [6.45, 7) is 2.16. The molecule has 1 heterocycles. The van der Waals surface area contributed by atoms with E-state index in [1.54, 1.807) is 0 Å². The van der Waals surface area contributed by atoms with Crippen LogP contribution in [0.25, 0.3) is 0 Å². The van der Waals surface area contributed by atoms with Gasteiger partial charge in [0.2, 0.25) is 0 Å². The summed E-state index contributed by atoms with van der Waals surface area (Å²) in [4.78, 5) is 22.1. The SMILES string of the molecule is O=[N+]([O-])c1cc(N2CCOCC2)cc([N+](=O)[O-])c1. The van der Waals surface area contributed by atoms with Crippen molar-refractivity contribution < 1.29 is 14.6 Å². The minimum Gasteiger partial charge on any atom is -0.378 e. The van der Waals surface area contributed by atoms with Gasteiger partial charge in [-0.15, -0.1) is 0 Å². The summed E-state index contributed by atoms with van der Waals surface area (Å²) in [5, 5.41) is 21.5. The third-order valence-corrected chi connectivity index (χ3v) is 2.69. The van der Waals surface area contributed by atoms with E-state index in [9.17, 15) is 20.2 Å². The average Bonchev–Trinajstić information content (AvgIpc) is 2.39. The lowest BCUT2D eigenvalue weighted by molar-refractivity contribution is -0.394. The first kappa shape index (κ1) is 12.2. The number of non-ortho nitro benzene ring substituents is 2. The molecule has 0 aliphatic carbocycles. The van der Waals surface area contributed by atoms with Crippen molar-refractivity contribution in [2.75, 3.05) is 31.2 Å². The standard InChI is InChI=1S/C10H11N3O5/c14-12(15)9-5-8(6-10(7-9)13(16)17)11-1-3-18-4-2-11/h5-7H,1-4H2. The fraction of sp³-hybridized carbons (Fsp3) is 0.400. The molecule has 0 amide bonds. The summed E-state index contributed by atoms with van der Waals surface area (Å²) < 4.78 is 5.17. The molecule has 2 rings (SSSR count). The van der Waals surface area contributed by atoms with Gasteiger partial charge in [0.1, 0.15) is 0 Å². The van der Waals surface area contributed by atoms with Crippen LogP contribution in [0.4, 0.5) is 17.1 Å². The number of ether oxygens (including phenoxy) is 1. The lowest BCUT2D eigenvalue weighted by atomic mass is 10.2. The number of morpholine rings is 1. The van der Waals surface area contributed by atoms with Crippen LogP contribution >= 0.6 is 0 Å². The molecule has 0 bridgehead atoms. The molecule has 1 aromatic carbocycles. The molecular weight excluding hydrogens is 242 g/mol. The lowest BCUT2D eigenvalue weighted by Crippen LogP contribution is -2.36. The fourth-order valence-corrected chi connectivity index (χ4v) is 1.79. The molecule has 1 aliphatic rings. The maximum atomic E-state index is 10.8. The van der Waals surface area contributed by atoms with Crippen molar-refractivity contribution in [3.05, 3.63) is 38.4 Å². The van der Waals surface area contributed by atoms with Crippen LogP contribution in [0.1, 0.15) is 0 Å². The summed E-state index contributed by atoms with van der Waals surface area (Å²) in [5.74, 6) is 0. The second-order valence-corrected chi connectivity index (χ2v) is 3.82. The maximum Gasteiger partial charge on any atom is 0.278 e. The summed E-state index contributed by atoms with van der Waals surface area (Å²) in [5.41, 5.74) is -0.0596. The highest BCUT2D eigenvalue weighted by atomic mass is 16.6. The van der Waals surface area contributed by atoms with Gasteiger partial charge in [0.05, 0.1) is 34.8 Å². The van der Waals surface area contributed by atoms with E-state index in [0.717, 1.165) is 6.07 Å². The predicted octanol–water partition coefficient (Wildman–Crippen LogP) is 1.34. The first-order chi connectivity index (χ1) is 8.58. The van der Waals surface area contributed by atoms with Gasteiger partial charge in [0.25, 0.3) is 11.4 Å². The van der Waals surface area contributed by atoms with E-state index in [2.05, 4.69) is 0 Å². The number of benzene rings is 1. The number of nitrogens with zero attached hydrogens (tertiary/aromatic N) is 3. The minimum absolute atomic E-state index is 0.273. The zero-order chi connectivity index (χ0) is 13.1. The van der Waals surface area contributed by atoms with Crippen molar-refractivity contribution in [1.82, 2.24) is 0 Å².